The zero-order chi connectivity index (χ0) is 28.3. The summed E-state index contributed by atoms with van der Waals surface area (Å²) in [4.78, 5) is 34.6. The first-order valence-electron chi connectivity index (χ1n) is 12.9. The lowest BCUT2D eigenvalue weighted by atomic mass is 9.77. The van der Waals surface area contributed by atoms with Gasteiger partial charge in [-0.1, -0.05) is 57.2 Å². The van der Waals surface area contributed by atoms with E-state index in [-0.39, 0.29) is 16.7 Å². The number of rotatable bonds is 9. The Hall–Kier alpha value is -4.71. The second-order valence-electron chi connectivity index (χ2n) is 9.27. The summed E-state index contributed by atoms with van der Waals surface area (Å²) in [5, 5.41) is 28.3. The Bertz CT molecular complexity index is 1340. The summed E-state index contributed by atoms with van der Waals surface area (Å²) in [7, 11) is 0. The van der Waals surface area contributed by atoms with Gasteiger partial charge in [-0.15, -0.1) is 0 Å². The number of hydrogen-bond donors (Lipinski definition) is 3. The van der Waals surface area contributed by atoms with Gasteiger partial charge >= 0.3 is 17.9 Å². The molecule has 0 spiro atoms. The maximum absolute atomic E-state index is 11.5. The number of carboxylic acids is 3. The van der Waals surface area contributed by atoms with Crippen LogP contribution in [0.2, 0.25) is 0 Å². The van der Waals surface area contributed by atoms with Crippen LogP contribution in [0.15, 0.2) is 72.8 Å². The van der Waals surface area contributed by atoms with Crippen molar-refractivity contribution in [3.8, 4) is 33.4 Å². The molecule has 6 heteroatoms. The van der Waals surface area contributed by atoms with Crippen LogP contribution in [0, 0.1) is 0 Å². The molecule has 4 aromatic carbocycles. The monoisotopic (exact) mass is 522 g/mol. The van der Waals surface area contributed by atoms with E-state index in [4.69, 9.17) is 0 Å². The third-order valence-electron chi connectivity index (χ3n) is 7.13. The molecule has 0 saturated heterocycles. The van der Waals surface area contributed by atoms with Crippen LogP contribution in [-0.2, 0) is 19.3 Å². The first-order chi connectivity index (χ1) is 18.7. The van der Waals surface area contributed by atoms with Crippen molar-refractivity contribution in [2.24, 2.45) is 0 Å². The second kappa shape index (κ2) is 11.4. The van der Waals surface area contributed by atoms with Gasteiger partial charge in [0.05, 0.1) is 16.7 Å². The molecular formula is C33H30O6. The lowest BCUT2D eigenvalue weighted by Gasteiger charge is -2.27. The molecule has 4 aromatic rings. The van der Waals surface area contributed by atoms with Gasteiger partial charge < -0.3 is 15.3 Å². The van der Waals surface area contributed by atoms with E-state index in [0.717, 1.165) is 50.1 Å². The van der Waals surface area contributed by atoms with E-state index >= 15 is 0 Å². The van der Waals surface area contributed by atoms with E-state index in [9.17, 15) is 29.7 Å². The largest absolute Gasteiger partial charge is 0.478 e. The van der Waals surface area contributed by atoms with E-state index in [1.807, 2.05) is 36.4 Å². The minimum Gasteiger partial charge on any atom is -0.478 e. The van der Waals surface area contributed by atoms with Crippen LogP contribution < -0.4 is 0 Å². The Labute approximate surface area is 227 Å². The first kappa shape index (κ1) is 27.3. The highest BCUT2D eigenvalue weighted by Crippen LogP contribution is 2.45. The molecule has 0 saturated carbocycles. The first-order valence-corrected chi connectivity index (χ1v) is 12.9. The van der Waals surface area contributed by atoms with Gasteiger partial charge in [0.1, 0.15) is 0 Å². The fourth-order valence-electron chi connectivity index (χ4n) is 5.37. The van der Waals surface area contributed by atoms with Crippen LogP contribution >= 0.6 is 0 Å². The summed E-state index contributed by atoms with van der Waals surface area (Å²) in [5.74, 6) is -2.98. The van der Waals surface area contributed by atoms with Crippen molar-refractivity contribution in [3.05, 3.63) is 106 Å². The average Bonchev–Trinajstić information content (AvgIpc) is 2.95. The quantitative estimate of drug-likeness (QED) is 0.210. The SMILES string of the molecule is CCc1c(-c2ccc(C(=O)O)cc2)c(CC)c(-c2ccc(C(=O)O)cc2)c(CC)c1-c1ccc(C(=O)O)cc1. The van der Waals surface area contributed by atoms with Crippen molar-refractivity contribution in [1.29, 1.82) is 0 Å². The summed E-state index contributed by atoms with van der Waals surface area (Å²) in [6.45, 7) is 6.25. The summed E-state index contributed by atoms with van der Waals surface area (Å²) in [6, 6.07) is 20.6. The summed E-state index contributed by atoms with van der Waals surface area (Å²) >= 11 is 0. The lowest BCUT2D eigenvalue weighted by molar-refractivity contribution is 0.0686. The van der Waals surface area contributed by atoms with Crippen molar-refractivity contribution >= 4 is 17.9 Å². The fourth-order valence-corrected chi connectivity index (χ4v) is 5.37. The van der Waals surface area contributed by atoms with Gasteiger partial charge in [0.15, 0.2) is 0 Å². The molecule has 0 aromatic heterocycles. The summed E-state index contributed by atoms with van der Waals surface area (Å²) in [6.07, 6.45) is 2.10. The van der Waals surface area contributed by atoms with Crippen LogP contribution in [0.4, 0.5) is 0 Å². The standard InChI is InChI=1S/C33H30O6/c1-4-25-28(19-7-13-22(14-8-19)31(34)35)26(5-2)30(21-11-17-24(18-12-21)33(38)39)27(6-3)29(25)20-9-15-23(16-10-20)32(36)37/h7-18H,4-6H2,1-3H3,(H,34,35)(H,36,37)(H,38,39). The number of benzene rings is 4. The number of aromatic carboxylic acids is 3. The van der Waals surface area contributed by atoms with Gasteiger partial charge in [-0.2, -0.15) is 0 Å². The molecule has 0 unspecified atom stereocenters. The van der Waals surface area contributed by atoms with Crippen LogP contribution in [0.3, 0.4) is 0 Å². The minimum absolute atomic E-state index is 0.203. The van der Waals surface area contributed by atoms with Crippen molar-refractivity contribution in [2.75, 3.05) is 0 Å². The summed E-state index contributed by atoms with van der Waals surface area (Å²) in [5.41, 5.74) is 9.63. The van der Waals surface area contributed by atoms with Crippen molar-refractivity contribution in [2.45, 2.75) is 40.0 Å². The molecule has 0 radical (unpaired) electrons. The van der Waals surface area contributed by atoms with E-state index in [2.05, 4.69) is 20.8 Å². The van der Waals surface area contributed by atoms with Crippen molar-refractivity contribution in [3.63, 3.8) is 0 Å². The van der Waals surface area contributed by atoms with Crippen molar-refractivity contribution < 1.29 is 29.7 Å². The predicted molar refractivity (Wildman–Crippen MR) is 152 cm³/mol. The predicted octanol–water partition coefficient (Wildman–Crippen LogP) is 7.47. The Morgan fingerprint density at radius 1 is 0.436 bits per heavy atom. The van der Waals surface area contributed by atoms with E-state index in [0.29, 0.717) is 19.3 Å². The van der Waals surface area contributed by atoms with Gasteiger partial charge in [0.25, 0.3) is 0 Å². The van der Waals surface area contributed by atoms with Gasteiger partial charge in [0.2, 0.25) is 0 Å². The lowest BCUT2D eigenvalue weighted by Crippen LogP contribution is -2.07. The number of carbonyl (C=O) groups is 3. The average molecular weight is 523 g/mol. The fraction of sp³-hybridized carbons (Fsp3) is 0.182. The molecule has 6 nitrogen and oxygen atoms in total. The van der Waals surface area contributed by atoms with Gasteiger partial charge in [-0.25, -0.2) is 14.4 Å². The normalized spacial score (nSPS) is 10.8. The molecule has 0 fully saturated rings. The molecule has 4 rings (SSSR count). The highest BCUT2D eigenvalue weighted by molar-refractivity contribution is 5.95. The molecule has 0 aliphatic carbocycles. The minimum atomic E-state index is -0.993. The molecule has 0 atom stereocenters. The van der Waals surface area contributed by atoms with Gasteiger partial charge in [-0.3, -0.25) is 0 Å². The number of carboxylic acid groups (broad SMARTS) is 3. The molecule has 198 valence electrons. The molecular weight excluding hydrogens is 492 g/mol. The maximum Gasteiger partial charge on any atom is 0.335 e. The highest BCUT2D eigenvalue weighted by Gasteiger charge is 2.24. The van der Waals surface area contributed by atoms with Crippen LogP contribution in [0.1, 0.15) is 68.5 Å². The Balaban J connectivity index is 2.13. The molecule has 0 bridgehead atoms. The van der Waals surface area contributed by atoms with E-state index < -0.39 is 17.9 Å². The van der Waals surface area contributed by atoms with Crippen molar-refractivity contribution in [1.82, 2.24) is 0 Å². The van der Waals surface area contributed by atoms with Crippen LogP contribution in [-0.4, -0.2) is 33.2 Å². The molecule has 3 N–H and O–H groups in total. The van der Waals surface area contributed by atoms with Gasteiger partial charge in [0, 0.05) is 0 Å². The van der Waals surface area contributed by atoms with Gasteiger partial charge in [-0.05, 0) is 106 Å². The third kappa shape index (κ3) is 5.18. The topological polar surface area (TPSA) is 112 Å². The summed E-state index contributed by atoms with van der Waals surface area (Å²) < 4.78 is 0. The second-order valence-corrected chi connectivity index (χ2v) is 9.27. The zero-order valence-corrected chi connectivity index (χ0v) is 22.1. The molecule has 0 aliphatic rings. The van der Waals surface area contributed by atoms with E-state index in [1.165, 1.54) is 0 Å². The molecule has 0 amide bonds. The molecule has 0 aliphatic heterocycles. The third-order valence-corrected chi connectivity index (χ3v) is 7.13. The van der Waals surface area contributed by atoms with Crippen LogP contribution in [0.5, 0.6) is 0 Å². The maximum atomic E-state index is 11.5. The van der Waals surface area contributed by atoms with E-state index in [1.54, 1.807) is 36.4 Å². The Morgan fingerprint density at radius 3 is 0.795 bits per heavy atom. The number of hydrogen-bond acceptors (Lipinski definition) is 3. The Morgan fingerprint density at radius 2 is 0.641 bits per heavy atom. The Kier molecular flexibility index (Phi) is 7.96. The molecule has 39 heavy (non-hydrogen) atoms. The molecule has 0 heterocycles. The smallest absolute Gasteiger partial charge is 0.335 e. The highest BCUT2D eigenvalue weighted by atomic mass is 16.4. The van der Waals surface area contributed by atoms with Crippen LogP contribution in [0.25, 0.3) is 33.4 Å². The zero-order valence-electron chi connectivity index (χ0n) is 22.1.